The summed E-state index contributed by atoms with van der Waals surface area (Å²) >= 11 is 1.41. The van der Waals surface area contributed by atoms with Gasteiger partial charge in [0, 0.05) is 11.5 Å². The Kier molecular flexibility index (Phi) is 8.63. The van der Waals surface area contributed by atoms with E-state index in [0.29, 0.717) is 12.4 Å². The van der Waals surface area contributed by atoms with E-state index < -0.39 is 18.1 Å². The van der Waals surface area contributed by atoms with Gasteiger partial charge in [0.15, 0.2) is 0 Å². The third-order valence-corrected chi connectivity index (χ3v) is 3.87. The molecular formula is C17H25NO5S. The van der Waals surface area contributed by atoms with E-state index in [4.69, 9.17) is 9.47 Å². The predicted octanol–water partition coefficient (Wildman–Crippen LogP) is 2.91. The number of benzene rings is 1. The SMILES string of the molecule is CC(C)(C)OCCSCC(NC(=O)OCc1ccccc1)C(=O)O. The number of carbonyl (C=O) groups is 2. The molecule has 6 nitrogen and oxygen atoms in total. The van der Waals surface area contributed by atoms with E-state index in [-0.39, 0.29) is 18.0 Å². The summed E-state index contributed by atoms with van der Waals surface area (Å²) in [4.78, 5) is 22.9. The minimum Gasteiger partial charge on any atom is -0.480 e. The zero-order valence-electron chi connectivity index (χ0n) is 14.3. The maximum Gasteiger partial charge on any atom is 0.408 e. The topological polar surface area (TPSA) is 84.9 Å². The average Bonchev–Trinajstić information content (AvgIpc) is 2.51. The Balaban J connectivity index is 2.29. The minimum absolute atomic E-state index is 0.103. The van der Waals surface area contributed by atoms with Gasteiger partial charge in [-0.1, -0.05) is 30.3 Å². The molecule has 0 saturated heterocycles. The molecule has 1 aromatic carbocycles. The lowest BCUT2D eigenvalue weighted by molar-refractivity contribution is -0.138. The first kappa shape index (κ1) is 20.3. The number of rotatable bonds is 9. The molecule has 1 atom stereocenters. The lowest BCUT2D eigenvalue weighted by atomic mass is 10.2. The van der Waals surface area contributed by atoms with Gasteiger partial charge in [-0.05, 0) is 26.3 Å². The highest BCUT2D eigenvalue weighted by atomic mass is 32.2. The average molecular weight is 355 g/mol. The predicted molar refractivity (Wildman–Crippen MR) is 94.2 cm³/mol. The van der Waals surface area contributed by atoms with Gasteiger partial charge in [-0.2, -0.15) is 11.8 Å². The van der Waals surface area contributed by atoms with Gasteiger partial charge >= 0.3 is 12.1 Å². The fraction of sp³-hybridized carbons (Fsp3) is 0.529. The van der Waals surface area contributed by atoms with Crippen molar-refractivity contribution in [1.82, 2.24) is 5.32 Å². The number of nitrogens with one attached hydrogen (secondary N) is 1. The summed E-state index contributed by atoms with van der Waals surface area (Å²) in [7, 11) is 0. The molecule has 0 fully saturated rings. The number of hydrogen-bond acceptors (Lipinski definition) is 5. The number of alkyl carbamates (subject to hydrolysis) is 1. The number of carboxylic acid groups (broad SMARTS) is 1. The van der Waals surface area contributed by atoms with Crippen LogP contribution in [0.15, 0.2) is 30.3 Å². The lowest BCUT2D eigenvalue weighted by Gasteiger charge is -2.19. The summed E-state index contributed by atoms with van der Waals surface area (Å²) in [5.41, 5.74) is 0.625. The molecule has 24 heavy (non-hydrogen) atoms. The molecule has 0 saturated carbocycles. The van der Waals surface area contributed by atoms with Gasteiger partial charge in [-0.25, -0.2) is 9.59 Å². The molecular weight excluding hydrogens is 330 g/mol. The Morgan fingerprint density at radius 3 is 2.50 bits per heavy atom. The summed E-state index contributed by atoms with van der Waals surface area (Å²) in [6.07, 6.45) is -0.738. The maximum atomic E-state index is 11.7. The number of thioether (sulfide) groups is 1. The number of carbonyl (C=O) groups excluding carboxylic acids is 1. The Morgan fingerprint density at radius 1 is 1.25 bits per heavy atom. The normalized spacial score (nSPS) is 12.5. The second-order valence-corrected chi connectivity index (χ2v) is 7.28. The van der Waals surface area contributed by atoms with Gasteiger partial charge in [0.2, 0.25) is 0 Å². The van der Waals surface area contributed by atoms with E-state index >= 15 is 0 Å². The van der Waals surface area contributed by atoms with Crippen molar-refractivity contribution in [3.05, 3.63) is 35.9 Å². The Labute approximate surface area is 146 Å². The van der Waals surface area contributed by atoms with Crippen molar-refractivity contribution in [1.29, 1.82) is 0 Å². The van der Waals surface area contributed by atoms with E-state index in [1.54, 1.807) is 0 Å². The molecule has 134 valence electrons. The van der Waals surface area contributed by atoms with Crippen molar-refractivity contribution in [2.75, 3.05) is 18.1 Å². The highest BCUT2D eigenvalue weighted by molar-refractivity contribution is 7.99. The Bertz CT molecular complexity index is 515. The zero-order valence-corrected chi connectivity index (χ0v) is 15.1. The van der Waals surface area contributed by atoms with E-state index in [0.717, 1.165) is 5.56 Å². The van der Waals surface area contributed by atoms with Gasteiger partial charge in [0.25, 0.3) is 0 Å². The van der Waals surface area contributed by atoms with Crippen LogP contribution in [0, 0.1) is 0 Å². The molecule has 1 amide bonds. The molecule has 0 aliphatic rings. The second kappa shape index (κ2) is 10.2. The molecule has 0 heterocycles. The number of amides is 1. The molecule has 0 radical (unpaired) electrons. The standard InChI is InChI=1S/C17H25NO5S/c1-17(2,3)23-9-10-24-12-14(15(19)20)18-16(21)22-11-13-7-5-4-6-8-13/h4-8,14H,9-12H2,1-3H3,(H,18,21)(H,19,20). The highest BCUT2D eigenvalue weighted by Gasteiger charge is 2.20. The van der Waals surface area contributed by atoms with Gasteiger partial charge in [-0.15, -0.1) is 0 Å². The third kappa shape index (κ3) is 9.42. The zero-order chi connectivity index (χ0) is 18.0. The van der Waals surface area contributed by atoms with E-state index in [1.165, 1.54) is 11.8 Å². The number of carboxylic acids is 1. The van der Waals surface area contributed by atoms with Crippen LogP contribution in [0.25, 0.3) is 0 Å². The van der Waals surface area contributed by atoms with Crippen LogP contribution >= 0.6 is 11.8 Å². The first-order chi connectivity index (χ1) is 11.3. The highest BCUT2D eigenvalue weighted by Crippen LogP contribution is 2.10. The van der Waals surface area contributed by atoms with E-state index in [2.05, 4.69) is 5.32 Å². The van der Waals surface area contributed by atoms with Crippen LogP contribution in [0.2, 0.25) is 0 Å². The molecule has 0 aliphatic carbocycles. The van der Waals surface area contributed by atoms with Crippen molar-refractivity contribution in [2.24, 2.45) is 0 Å². The van der Waals surface area contributed by atoms with Gasteiger partial charge in [0.1, 0.15) is 12.6 Å². The monoisotopic (exact) mass is 355 g/mol. The van der Waals surface area contributed by atoms with Crippen LogP contribution in [0.1, 0.15) is 26.3 Å². The summed E-state index contributed by atoms with van der Waals surface area (Å²) in [6, 6.07) is 8.21. The van der Waals surface area contributed by atoms with Gasteiger partial charge in [-0.3, -0.25) is 0 Å². The molecule has 0 bridgehead atoms. The smallest absolute Gasteiger partial charge is 0.408 e. The minimum atomic E-state index is -1.09. The number of hydrogen-bond donors (Lipinski definition) is 2. The van der Waals surface area contributed by atoms with Gasteiger partial charge in [0.05, 0.1) is 12.2 Å². The van der Waals surface area contributed by atoms with Crippen molar-refractivity contribution >= 4 is 23.8 Å². The lowest BCUT2D eigenvalue weighted by Crippen LogP contribution is -2.43. The first-order valence-corrected chi connectivity index (χ1v) is 8.85. The van der Waals surface area contributed by atoms with Crippen LogP contribution in [-0.4, -0.2) is 46.9 Å². The Morgan fingerprint density at radius 2 is 1.92 bits per heavy atom. The summed E-state index contributed by atoms with van der Waals surface area (Å²) in [5.74, 6) is -0.179. The molecule has 2 N–H and O–H groups in total. The third-order valence-electron chi connectivity index (χ3n) is 2.85. The molecule has 7 heteroatoms. The van der Waals surface area contributed by atoms with Crippen molar-refractivity contribution in [2.45, 2.75) is 39.0 Å². The quantitative estimate of drug-likeness (QED) is 0.663. The summed E-state index contributed by atoms with van der Waals surface area (Å²) < 4.78 is 10.6. The molecule has 0 aromatic heterocycles. The van der Waals surface area contributed by atoms with Crippen molar-refractivity contribution in [3.63, 3.8) is 0 Å². The summed E-state index contributed by atoms with van der Waals surface area (Å²) in [6.45, 7) is 6.51. The molecule has 0 spiro atoms. The molecule has 0 aliphatic heterocycles. The van der Waals surface area contributed by atoms with Crippen molar-refractivity contribution in [3.8, 4) is 0 Å². The van der Waals surface area contributed by atoms with Gasteiger partial charge < -0.3 is 19.9 Å². The van der Waals surface area contributed by atoms with Crippen LogP contribution in [-0.2, 0) is 20.9 Å². The number of aliphatic carboxylic acids is 1. The van der Waals surface area contributed by atoms with Crippen LogP contribution in [0.4, 0.5) is 4.79 Å². The molecule has 1 unspecified atom stereocenters. The molecule has 1 aromatic rings. The number of ether oxygens (including phenoxy) is 2. The molecule has 1 rings (SSSR count). The summed E-state index contributed by atoms with van der Waals surface area (Å²) in [5, 5.41) is 11.5. The Hall–Kier alpha value is -1.73. The maximum absolute atomic E-state index is 11.7. The second-order valence-electron chi connectivity index (χ2n) is 6.13. The van der Waals surface area contributed by atoms with Crippen molar-refractivity contribution < 1.29 is 24.2 Å². The van der Waals surface area contributed by atoms with Crippen LogP contribution in [0.3, 0.4) is 0 Å². The van der Waals surface area contributed by atoms with Crippen LogP contribution in [0.5, 0.6) is 0 Å². The van der Waals surface area contributed by atoms with Crippen LogP contribution < -0.4 is 5.32 Å². The fourth-order valence-electron chi connectivity index (χ4n) is 1.69. The largest absolute Gasteiger partial charge is 0.480 e. The van der Waals surface area contributed by atoms with E-state index in [9.17, 15) is 14.7 Å². The first-order valence-electron chi connectivity index (χ1n) is 7.69. The fourth-order valence-corrected chi connectivity index (χ4v) is 2.52. The van der Waals surface area contributed by atoms with E-state index in [1.807, 2.05) is 51.1 Å².